The van der Waals surface area contributed by atoms with Crippen molar-refractivity contribution >= 4 is 29.3 Å². The third-order valence-electron chi connectivity index (χ3n) is 3.34. The van der Waals surface area contributed by atoms with Crippen molar-refractivity contribution in [1.29, 1.82) is 0 Å². The number of methoxy groups -OCH3 is 2. The molecule has 25 heavy (non-hydrogen) atoms. The van der Waals surface area contributed by atoms with Crippen LogP contribution in [0.5, 0.6) is 17.2 Å². The molecule has 2 rings (SSSR count). The zero-order valence-electron chi connectivity index (χ0n) is 14.3. The van der Waals surface area contributed by atoms with Gasteiger partial charge < -0.3 is 19.5 Å². The molecule has 0 aliphatic rings. The molecule has 0 atom stereocenters. The molecule has 0 fully saturated rings. The molecule has 2 aromatic rings. The molecule has 0 saturated carbocycles. The van der Waals surface area contributed by atoms with Crippen LogP contribution in [0, 0.1) is 0 Å². The van der Waals surface area contributed by atoms with Gasteiger partial charge in [-0.25, -0.2) is 0 Å². The monoisotopic (exact) mass is 361 g/mol. The van der Waals surface area contributed by atoms with Crippen molar-refractivity contribution in [2.45, 2.75) is 6.92 Å². The van der Waals surface area contributed by atoms with Crippen molar-refractivity contribution in [2.75, 3.05) is 26.1 Å². The molecule has 0 radical (unpaired) electrons. The average molecular weight is 362 g/mol. The zero-order valence-corrected chi connectivity index (χ0v) is 15.1. The van der Waals surface area contributed by atoms with Gasteiger partial charge in [-0.05, 0) is 42.8 Å². The van der Waals surface area contributed by atoms with Gasteiger partial charge in [-0.15, -0.1) is 0 Å². The summed E-state index contributed by atoms with van der Waals surface area (Å²) in [6, 6.07) is 10.5. The molecule has 0 heterocycles. The van der Waals surface area contributed by atoms with Crippen molar-refractivity contribution in [2.24, 2.45) is 0 Å². The van der Waals surface area contributed by atoms with E-state index in [1.165, 1.54) is 7.11 Å². The number of carbonyl (C=O) groups excluding carboxylic acids is 1. The topological polar surface area (TPSA) is 56.8 Å². The van der Waals surface area contributed by atoms with Crippen molar-refractivity contribution in [3.05, 3.63) is 53.1 Å². The molecular weight excluding hydrogens is 342 g/mol. The lowest BCUT2D eigenvalue weighted by molar-refractivity contribution is -0.118. The fourth-order valence-corrected chi connectivity index (χ4v) is 2.38. The number of ether oxygens (including phenoxy) is 3. The highest BCUT2D eigenvalue weighted by Gasteiger charge is 2.11. The summed E-state index contributed by atoms with van der Waals surface area (Å²) in [5, 5.41) is 3.21. The Kier molecular flexibility index (Phi) is 6.71. The van der Waals surface area contributed by atoms with E-state index < -0.39 is 0 Å². The lowest BCUT2D eigenvalue weighted by atomic mass is 10.2. The summed E-state index contributed by atoms with van der Waals surface area (Å²) in [4.78, 5) is 12.1. The van der Waals surface area contributed by atoms with Crippen LogP contribution < -0.4 is 19.5 Å². The van der Waals surface area contributed by atoms with E-state index in [4.69, 9.17) is 25.8 Å². The molecule has 0 saturated heterocycles. The van der Waals surface area contributed by atoms with Gasteiger partial charge in [-0.2, -0.15) is 0 Å². The lowest BCUT2D eigenvalue weighted by Gasteiger charge is -2.13. The molecule has 2 aromatic carbocycles. The number of carbonyl (C=O) groups is 1. The SMILES string of the molecule is CC=Cc1ccc(OCC(=O)Nc2cc(Cl)ccc2OC)c(OC)c1. The van der Waals surface area contributed by atoms with Crippen LogP contribution in [-0.2, 0) is 4.79 Å². The predicted molar refractivity (Wildman–Crippen MR) is 99.8 cm³/mol. The summed E-state index contributed by atoms with van der Waals surface area (Å²) < 4.78 is 16.1. The first-order valence-corrected chi connectivity index (χ1v) is 8.02. The Bertz CT molecular complexity index is 774. The molecule has 0 unspecified atom stereocenters. The summed E-state index contributed by atoms with van der Waals surface area (Å²) in [5.41, 5.74) is 1.47. The highest BCUT2D eigenvalue weighted by atomic mass is 35.5. The second-order valence-electron chi connectivity index (χ2n) is 5.09. The van der Waals surface area contributed by atoms with Crippen molar-refractivity contribution in [3.8, 4) is 17.2 Å². The highest BCUT2D eigenvalue weighted by molar-refractivity contribution is 6.31. The maximum atomic E-state index is 12.1. The fraction of sp³-hybridized carbons (Fsp3) is 0.211. The van der Waals surface area contributed by atoms with E-state index in [-0.39, 0.29) is 12.5 Å². The Hall–Kier alpha value is -2.66. The first kappa shape index (κ1) is 18.7. The van der Waals surface area contributed by atoms with Crippen LogP contribution >= 0.6 is 11.6 Å². The number of rotatable bonds is 7. The van der Waals surface area contributed by atoms with Crippen LogP contribution in [0.4, 0.5) is 5.69 Å². The van der Waals surface area contributed by atoms with E-state index in [0.29, 0.717) is 28.0 Å². The molecule has 0 aliphatic heterocycles. The van der Waals surface area contributed by atoms with Gasteiger partial charge in [0.2, 0.25) is 0 Å². The Labute approximate surface area is 152 Å². The van der Waals surface area contributed by atoms with Crippen LogP contribution in [0.3, 0.4) is 0 Å². The minimum Gasteiger partial charge on any atom is -0.495 e. The first-order chi connectivity index (χ1) is 12.1. The molecular formula is C19H20ClNO4. The Morgan fingerprint density at radius 3 is 2.48 bits per heavy atom. The van der Waals surface area contributed by atoms with Crippen molar-refractivity contribution < 1.29 is 19.0 Å². The van der Waals surface area contributed by atoms with Crippen LogP contribution in [-0.4, -0.2) is 26.7 Å². The Morgan fingerprint density at radius 2 is 1.80 bits per heavy atom. The van der Waals surface area contributed by atoms with Crippen molar-refractivity contribution in [3.63, 3.8) is 0 Å². The molecule has 0 aromatic heterocycles. The molecule has 6 heteroatoms. The number of benzene rings is 2. The standard InChI is InChI=1S/C19H20ClNO4/c1-4-5-13-6-8-17(18(10-13)24-3)25-12-19(22)21-15-11-14(20)7-9-16(15)23-2/h4-11H,12H2,1-3H3,(H,21,22). The molecule has 0 spiro atoms. The second kappa shape index (κ2) is 8.99. The number of hydrogen-bond acceptors (Lipinski definition) is 4. The van der Waals surface area contributed by atoms with Gasteiger partial charge in [0.05, 0.1) is 19.9 Å². The minimum atomic E-state index is -0.333. The quantitative estimate of drug-likeness (QED) is 0.793. The van der Waals surface area contributed by atoms with Gasteiger partial charge in [-0.3, -0.25) is 4.79 Å². The molecule has 1 amide bonds. The number of anilines is 1. The van der Waals surface area contributed by atoms with Gasteiger partial charge in [0.25, 0.3) is 5.91 Å². The van der Waals surface area contributed by atoms with E-state index in [1.807, 2.05) is 31.2 Å². The highest BCUT2D eigenvalue weighted by Crippen LogP contribution is 2.29. The van der Waals surface area contributed by atoms with Gasteiger partial charge in [0.1, 0.15) is 5.75 Å². The van der Waals surface area contributed by atoms with E-state index in [9.17, 15) is 4.79 Å². The van der Waals surface area contributed by atoms with Gasteiger partial charge in [0.15, 0.2) is 18.1 Å². The normalized spacial score (nSPS) is 10.6. The largest absolute Gasteiger partial charge is 0.495 e. The van der Waals surface area contributed by atoms with E-state index in [1.54, 1.807) is 31.4 Å². The summed E-state index contributed by atoms with van der Waals surface area (Å²) in [5.74, 6) is 1.24. The minimum absolute atomic E-state index is 0.172. The first-order valence-electron chi connectivity index (χ1n) is 7.64. The van der Waals surface area contributed by atoms with Gasteiger partial charge >= 0.3 is 0 Å². The predicted octanol–water partition coefficient (Wildman–Crippen LogP) is 4.41. The van der Waals surface area contributed by atoms with Crippen LogP contribution in [0.25, 0.3) is 6.08 Å². The number of allylic oxidation sites excluding steroid dienone is 1. The van der Waals surface area contributed by atoms with Gasteiger partial charge in [-0.1, -0.05) is 29.8 Å². The number of halogens is 1. The third-order valence-corrected chi connectivity index (χ3v) is 3.58. The Balaban J connectivity index is 2.04. The van der Waals surface area contributed by atoms with Crippen LogP contribution in [0.15, 0.2) is 42.5 Å². The maximum Gasteiger partial charge on any atom is 0.262 e. The molecule has 0 bridgehead atoms. The Morgan fingerprint density at radius 1 is 1.08 bits per heavy atom. The van der Waals surface area contributed by atoms with Gasteiger partial charge in [0, 0.05) is 5.02 Å². The second-order valence-corrected chi connectivity index (χ2v) is 5.53. The zero-order chi connectivity index (χ0) is 18.2. The molecule has 1 N–H and O–H groups in total. The van der Waals surface area contributed by atoms with E-state index in [2.05, 4.69) is 5.32 Å². The third kappa shape index (κ3) is 5.16. The van der Waals surface area contributed by atoms with Crippen LogP contribution in [0.1, 0.15) is 12.5 Å². The number of amides is 1. The van der Waals surface area contributed by atoms with Crippen LogP contribution in [0.2, 0.25) is 5.02 Å². The summed E-state index contributed by atoms with van der Waals surface area (Å²) in [6.45, 7) is 1.76. The fourth-order valence-electron chi connectivity index (χ4n) is 2.21. The smallest absolute Gasteiger partial charge is 0.262 e. The van der Waals surface area contributed by atoms with E-state index >= 15 is 0 Å². The van der Waals surface area contributed by atoms with Crippen molar-refractivity contribution in [1.82, 2.24) is 0 Å². The molecule has 132 valence electrons. The maximum absolute atomic E-state index is 12.1. The summed E-state index contributed by atoms with van der Waals surface area (Å²) in [7, 11) is 3.07. The lowest BCUT2D eigenvalue weighted by Crippen LogP contribution is -2.20. The summed E-state index contributed by atoms with van der Waals surface area (Å²) in [6.07, 6.45) is 3.88. The average Bonchev–Trinajstić information content (AvgIpc) is 2.61. The molecule has 5 nitrogen and oxygen atoms in total. The molecule has 0 aliphatic carbocycles. The number of nitrogens with one attached hydrogen (secondary N) is 1. The summed E-state index contributed by atoms with van der Waals surface area (Å²) >= 11 is 5.95. The van der Waals surface area contributed by atoms with E-state index in [0.717, 1.165) is 5.56 Å². The number of hydrogen-bond donors (Lipinski definition) is 1.